The average molecular weight is 284 g/mol. The maximum Gasteiger partial charge on any atom is 0.162 e. The van der Waals surface area contributed by atoms with E-state index in [0.29, 0.717) is 12.6 Å². The van der Waals surface area contributed by atoms with Gasteiger partial charge in [-0.25, -0.2) is 0 Å². The van der Waals surface area contributed by atoms with Crippen molar-refractivity contribution in [2.75, 3.05) is 13.7 Å². The summed E-state index contributed by atoms with van der Waals surface area (Å²) in [5.41, 5.74) is 3.91. The van der Waals surface area contributed by atoms with Crippen molar-refractivity contribution in [1.82, 2.24) is 0 Å². The number of hydrogen-bond acceptors (Lipinski definition) is 2. The van der Waals surface area contributed by atoms with E-state index in [1.807, 2.05) is 18.2 Å². The summed E-state index contributed by atoms with van der Waals surface area (Å²) in [6.07, 6.45) is 1.09. The molecular formula is C18H22NO2+. The monoisotopic (exact) mass is 284 g/mol. The molecule has 0 unspecified atom stereocenters. The molecule has 0 bridgehead atoms. The summed E-state index contributed by atoms with van der Waals surface area (Å²) < 4.78 is 11.5. The van der Waals surface area contributed by atoms with Crippen LogP contribution >= 0.6 is 0 Å². The Hall–Kier alpha value is -2.00. The van der Waals surface area contributed by atoms with Crippen LogP contribution in [0, 0.1) is 0 Å². The number of quaternary nitrogens is 1. The lowest BCUT2D eigenvalue weighted by Gasteiger charge is -2.23. The molecule has 1 atom stereocenters. The highest BCUT2D eigenvalue weighted by Crippen LogP contribution is 2.34. The Kier molecular flexibility index (Phi) is 4.11. The molecule has 1 aliphatic rings. The van der Waals surface area contributed by atoms with Crippen LogP contribution in [0.4, 0.5) is 0 Å². The first-order valence-electron chi connectivity index (χ1n) is 7.49. The quantitative estimate of drug-likeness (QED) is 0.936. The van der Waals surface area contributed by atoms with Gasteiger partial charge in [-0.3, -0.25) is 0 Å². The van der Waals surface area contributed by atoms with Gasteiger partial charge >= 0.3 is 0 Å². The first-order chi connectivity index (χ1) is 10.3. The minimum Gasteiger partial charge on any atom is -0.493 e. The largest absolute Gasteiger partial charge is 0.493 e. The van der Waals surface area contributed by atoms with Gasteiger partial charge in [-0.15, -0.1) is 0 Å². The summed E-state index contributed by atoms with van der Waals surface area (Å²) in [6.45, 7) is 3.95. The Morgan fingerprint density at radius 1 is 1.14 bits per heavy atom. The van der Waals surface area contributed by atoms with E-state index in [2.05, 4.69) is 36.5 Å². The molecule has 110 valence electrons. The summed E-state index contributed by atoms with van der Waals surface area (Å²) in [5.74, 6) is 1.67. The van der Waals surface area contributed by atoms with Gasteiger partial charge in [-0.05, 0) is 30.2 Å². The van der Waals surface area contributed by atoms with Crippen molar-refractivity contribution in [3.63, 3.8) is 0 Å². The van der Waals surface area contributed by atoms with Crippen LogP contribution in [-0.2, 0) is 13.0 Å². The number of hydrogen-bond donors (Lipinski definition) is 1. The number of benzene rings is 2. The molecule has 3 rings (SSSR count). The first kappa shape index (κ1) is 14.0. The van der Waals surface area contributed by atoms with Crippen LogP contribution in [0.2, 0.25) is 0 Å². The van der Waals surface area contributed by atoms with Crippen LogP contribution in [-0.4, -0.2) is 13.7 Å². The Labute approximate surface area is 125 Å². The predicted molar refractivity (Wildman–Crippen MR) is 82.7 cm³/mol. The van der Waals surface area contributed by atoms with Crippen molar-refractivity contribution in [1.29, 1.82) is 0 Å². The Morgan fingerprint density at radius 2 is 1.95 bits per heavy atom. The van der Waals surface area contributed by atoms with Crippen molar-refractivity contribution in [3.8, 4) is 11.5 Å². The van der Waals surface area contributed by atoms with E-state index in [4.69, 9.17) is 9.47 Å². The van der Waals surface area contributed by atoms with Crippen molar-refractivity contribution >= 4 is 0 Å². The molecule has 0 amide bonds. The third-order valence-electron chi connectivity index (χ3n) is 4.09. The fraction of sp³-hybridized carbons (Fsp3) is 0.333. The van der Waals surface area contributed by atoms with Gasteiger partial charge in [0.25, 0.3) is 0 Å². The molecule has 0 spiro atoms. The van der Waals surface area contributed by atoms with Gasteiger partial charge in [0.15, 0.2) is 11.5 Å². The number of ether oxygens (including phenoxy) is 2. The van der Waals surface area contributed by atoms with Crippen molar-refractivity contribution in [3.05, 3.63) is 59.2 Å². The molecule has 0 aromatic heterocycles. The van der Waals surface area contributed by atoms with Crippen LogP contribution in [0.25, 0.3) is 0 Å². The minimum absolute atomic E-state index is 0.485. The fourth-order valence-electron chi connectivity index (χ4n) is 2.88. The first-order valence-corrected chi connectivity index (χ1v) is 7.49. The highest BCUT2D eigenvalue weighted by atomic mass is 16.5. The molecule has 3 nitrogen and oxygen atoms in total. The molecule has 21 heavy (non-hydrogen) atoms. The summed E-state index contributed by atoms with van der Waals surface area (Å²) in [6, 6.07) is 15.0. The van der Waals surface area contributed by atoms with Crippen molar-refractivity contribution in [2.24, 2.45) is 0 Å². The molecular weight excluding hydrogens is 262 g/mol. The van der Waals surface area contributed by atoms with Crippen molar-refractivity contribution in [2.45, 2.75) is 26.0 Å². The highest BCUT2D eigenvalue weighted by molar-refractivity contribution is 5.48. The molecule has 3 heteroatoms. The number of nitrogens with two attached hydrogens (primary N) is 1. The van der Waals surface area contributed by atoms with Crippen LogP contribution in [0.3, 0.4) is 0 Å². The average Bonchev–Trinajstić information content (AvgIpc) is 2.53. The topological polar surface area (TPSA) is 35.1 Å². The zero-order valence-electron chi connectivity index (χ0n) is 12.6. The van der Waals surface area contributed by atoms with E-state index in [-0.39, 0.29) is 0 Å². The molecule has 2 aromatic rings. The summed E-state index contributed by atoms with van der Waals surface area (Å²) in [5, 5.41) is 2.37. The molecule has 1 aliphatic heterocycles. The van der Waals surface area contributed by atoms with E-state index in [1.165, 1.54) is 11.1 Å². The van der Waals surface area contributed by atoms with E-state index in [0.717, 1.165) is 30.0 Å². The third kappa shape index (κ3) is 3.03. The standard InChI is InChI=1S/C18H21NO2/c1-13-16-11-18(21-12-14-6-4-3-5-7-14)17(20-2)10-15(16)8-9-19-13/h3-7,10-11,13,19H,8-9,12H2,1-2H3/p+1/t13-/m1/s1. The fourth-order valence-corrected chi connectivity index (χ4v) is 2.88. The highest BCUT2D eigenvalue weighted by Gasteiger charge is 2.22. The van der Waals surface area contributed by atoms with Crippen molar-refractivity contribution < 1.29 is 14.8 Å². The zero-order chi connectivity index (χ0) is 14.7. The second-order valence-electron chi connectivity index (χ2n) is 5.54. The second kappa shape index (κ2) is 6.19. The van der Waals surface area contributed by atoms with Crippen LogP contribution in [0.15, 0.2) is 42.5 Å². The van der Waals surface area contributed by atoms with Gasteiger partial charge in [0.2, 0.25) is 0 Å². The molecule has 0 saturated carbocycles. The van der Waals surface area contributed by atoms with Gasteiger partial charge in [-0.2, -0.15) is 0 Å². The molecule has 0 aliphatic carbocycles. The Morgan fingerprint density at radius 3 is 2.71 bits per heavy atom. The molecule has 2 aromatic carbocycles. The lowest BCUT2D eigenvalue weighted by Crippen LogP contribution is -2.86. The van der Waals surface area contributed by atoms with Gasteiger partial charge in [0.05, 0.1) is 13.7 Å². The van der Waals surface area contributed by atoms with Gasteiger partial charge in [-0.1, -0.05) is 30.3 Å². The molecule has 0 saturated heterocycles. The number of fused-ring (bicyclic) bond motifs is 1. The van der Waals surface area contributed by atoms with Gasteiger partial charge in [0.1, 0.15) is 12.6 Å². The number of methoxy groups -OCH3 is 1. The lowest BCUT2D eigenvalue weighted by atomic mass is 9.94. The smallest absolute Gasteiger partial charge is 0.162 e. The Balaban J connectivity index is 1.85. The van der Waals surface area contributed by atoms with Gasteiger partial charge in [0, 0.05) is 12.0 Å². The number of rotatable bonds is 4. The molecule has 1 heterocycles. The summed E-state index contributed by atoms with van der Waals surface area (Å²) in [7, 11) is 1.70. The second-order valence-corrected chi connectivity index (χ2v) is 5.54. The van der Waals surface area contributed by atoms with E-state index in [1.54, 1.807) is 7.11 Å². The molecule has 0 radical (unpaired) electrons. The maximum atomic E-state index is 5.99. The lowest BCUT2D eigenvalue weighted by molar-refractivity contribution is -0.695. The maximum absolute atomic E-state index is 5.99. The third-order valence-corrected chi connectivity index (χ3v) is 4.09. The van der Waals surface area contributed by atoms with E-state index >= 15 is 0 Å². The SMILES string of the molecule is COc1cc2c(cc1OCc1ccccc1)[C@@H](C)[NH2+]CC2. The summed E-state index contributed by atoms with van der Waals surface area (Å²) >= 11 is 0. The van der Waals surface area contributed by atoms with E-state index < -0.39 is 0 Å². The van der Waals surface area contributed by atoms with Crippen LogP contribution in [0.1, 0.15) is 29.7 Å². The van der Waals surface area contributed by atoms with Crippen LogP contribution < -0.4 is 14.8 Å². The normalized spacial score (nSPS) is 17.1. The van der Waals surface area contributed by atoms with Gasteiger partial charge < -0.3 is 14.8 Å². The minimum atomic E-state index is 0.485. The van der Waals surface area contributed by atoms with E-state index in [9.17, 15) is 0 Å². The summed E-state index contributed by atoms with van der Waals surface area (Å²) in [4.78, 5) is 0. The molecule has 0 fully saturated rings. The Bertz CT molecular complexity index is 610. The zero-order valence-corrected chi connectivity index (χ0v) is 12.6. The predicted octanol–water partition coefficient (Wildman–Crippen LogP) is 2.45. The molecule has 2 N–H and O–H groups in total. The van der Waals surface area contributed by atoms with Crippen LogP contribution in [0.5, 0.6) is 11.5 Å².